The average Bonchev–Trinajstić information content (AvgIpc) is 2.06. The number of halogens is 4. The summed E-state index contributed by atoms with van der Waals surface area (Å²) >= 11 is 0. The summed E-state index contributed by atoms with van der Waals surface area (Å²) in [6, 6.07) is 0.441. The van der Waals surface area contributed by atoms with Crippen LogP contribution in [0.4, 0.5) is 23.2 Å². The van der Waals surface area contributed by atoms with Gasteiger partial charge in [-0.05, 0) is 6.07 Å². The van der Waals surface area contributed by atoms with Gasteiger partial charge in [0, 0.05) is 6.92 Å². The Labute approximate surface area is 82.1 Å². The number of rotatable bonds is 1. The highest BCUT2D eigenvalue weighted by atomic mass is 19.4. The second-order valence-electron chi connectivity index (χ2n) is 2.73. The Morgan fingerprint density at radius 1 is 1.47 bits per heavy atom. The van der Waals surface area contributed by atoms with Gasteiger partial charge in [-0.1, -0.05) is 0 Å². The van der Waals surface area contributed by atoms with Crippen molar-refractivity contribution >= 4 is 11.6 Å². The lowest BCUT2D eigenvalue weighted by molar-refractivity contribution is -0.141. The molecule has 1 N–H and O–H groups in total. The van der Waals surface area contributed by atoms with E-state index in [-0.39, 0.29) is 0 Å². The van der Waals surface area contributed by atoms with E-state index < -0.39 is 29.3 Å². The summed E-state index contributed by atoms with van der Waals surface area (Å²) in [5.74, 6) is -1.67. The second-order valence-corrected chi connectivity index (χ2v) is 2.73. The lowest BCUT2D eigenvalue weighted by Crippen LogP contribution is -2.12. The van der Waals surface area contributed by atoms with E-state index in [4.69, 9.17) is 0 Å². The quantitative estimate of drug-likeness (QED) is 0.740. The van der Waals surface area contributed by atoms with Crippen molar-refractivity contribution in [1.29, 1.82) is 0 Å². The fourth-order valence-corrected chi connectivity index (χ4v) is 0.879. The average molecular weight is 222 g/mol. The second kappa shape index (κ2) is 3.84. The number of alkyl halides is 3. The number of pyridine rings is 1. The van der Waals surface area contributed by atoms with Crippen LogP contribution in [-0.4, -0.2) is 10.9 Å². The number of hydrogen-bond donors (Lipinski definition) is 1. The van der Waals surface area contributed by atoms with E-state index >= 15 is 0 Å². The van der Waals surface area contributed by atoms with Gasteiger partial charge in [-0.15, -0.1) is 0 Å². The van der Waals surface area contributed by atoms with Crippen molar-refractivity contribution in [3.05, 3.63) is 23.8 Å². The molecule has 1 heterocycles. The van der Waals surface area contributed by atoms with Crippen LogP contribution < -0.4 is 5.32 Å². The summed E-state index contributed by atoms with van der Waals surface area (Å²) in [6.07, 6.45) is -4.25. The number of nitrogens with zero attached hydrogens (tertiary/aromatic N) is 1. The number of aromatic nitrogens is 1. The van der Waals surface area contributed by atoms with Gasteiger partial charge < -0.3 is 5.32 Å². The Kier molecular flexibility index (Phi) is 2.92. The normalized spacial score (nSPS) is 11.3. The molecule has 1 amide bonds. The van der Waals surface area contributed by atoms with E-state index in [1.807, 2.05) is 5.32 Å². The molecule has 0 spiro atoms. The summed E-state index contributed by atoms with van der Waals surface area (Å²) in [6.45, 7) is 1.06. The number of hydrogen-bond acceptors (Lipinski definition) is 2. The third-order valence-corrected chi connectivity index (χ3v) is 1.46. The number of amides is 1. The molecule has 1 rings (SSSR count). The van der Waals surface area contributed by atoms with Gasteiger partial charge in [0.1, 0.15) is 5.69 Å². The highest BCUT2D eigenvalue weighted by molar-refractivity contribution is 5.88. The maximum Gasteiger partial charge on any atom is 0.433 e. The molecule has 0 saturated heterocycles. The smallest absolute Gasteiger partial charge is 0.324 e. The van der Waals surface area contributed by atoms with E-state index in [1.165, 1.54) is 0 Å². The van der Waals surface area contributed by atoms with Crippen LogP contribution in [0.5, 0.6) is 0 Å². The fourth-order valence-electron chi connectivity index (χ4n) is 0.879. The largest absolute Gasteiger partial charge is 0.433 e. The molecule has 0 aliphatic heterocycles. The van der Waals surface area contributed by atoms with Crippen LogP contribution in [0.25, 0.3) is 0 Å². The van der Waals surface area contributed by atoms with Gasteiger partial charge in [0.2, 0.25) is 5.91 Å². The van der Waals surface area contributed by atoms with Crippen LogP contribution in [0.2, 0.25) is 0 Å². The fraction of sp³-hybridized carbons (Fsp3) is 0.250. The van der Waals surface area contributed by atoms with Gasteiger partial charge in [-0.25, -0.2) is 9.37 Å². The lowest BCUT2D eigenvalue weighted by Gasteiger charge is -2.08. The van der Waals surface area contributed by atoms with E-state index in [2.05, 4.69) is 4.98 Å². The Bertz CT molecular complexity index is 389. The van der Waals surface area contributed by atoms with Crippen molar-refractivity contribution in [2.24, 2.45) is 0 Å². The first kappa shape index (κ1) is 11.4. The zero-order chi connectivity index (χ0) is 11.6. The molecule has 0 aliphatic carbocycles. The molecule has 15 heavy (non-hydrogen) atoms. The molecule has 1 aromatic rings. The van der Waals surface area contributed by atoms with Crippen LogP contribution in [0.1, 0.15) is 12.6 Å². The molecule has 0 atom stereocenters. The SMILES string of the molecule is CC(=O)Nc1cc(C(F)(F)F)ncc1F. The predicted octanol–water partition coefficient (Wildman–Crippen LogP) is 2.20. The number of anilines is 1. The molecule has 0 fully saturated rings. The predicted molar refractivity (Wildman–Crippen MR) is 43.5 cm³/mol. The Hall–Kier alpha value is -1.66. The molecule has 0 aliphatic rings. The molecule has 0 saturated carbocycles. The first-order chi connectivity index (χ1) is 6.80. The minimum atomic E-state index is -4.67. The molecule has 7 heteroatoms. The van der Waals surface area contributed by atoms with Gasteiger partial charge in [0.25, 0.3) is 0 Å². The Morgan fingerprint density at radius 3 is 2.53 bits per heavy atom. The van der Waals surface area contributed by atoms with Crippen molar-refractivity contribution in [2.75, 3.05) is 5.32 Å². The molecular formula is C8H6F4N2O. The van der Waals surface area contributed by atoms with Crippen LogP contribution >= 0.6 is 0 Å². The standard InChI is InChI=1S/C8H6F4N2O/c1-4(15)14-6-2-7(8(10,11)12)13-3-5(6)9/h2-3H,1H3,(H,13,14,15). The zero-order valence-corrected chi connectivity index (χ0v) is 7.52. The third-order valence-electron chi connectivity index (χ3n) is 1.46. The van der Waals surface area contributed by atoms with Gasteiger partial charge in [0.15, 0.2) is 5.82 Å². The monoisotopic (exact) mass is 222 g/mol. The molecule has 0 bridgehead atoms. The van der Waals surface area contributed by atoms with Crippen LogP contribution in [0.3, 0.4) is 0 Å². The minimum Gasteiger partial charge on any atom is -0.324 e. The van der Waals surface area contributed by atoms with Crippen molar-refractivity contribution in [1.82, 2.24) is 4.98 Å². The summed E-state index contributed by atoms with van der Waals surface area (Å²) in [7, 11) is 0. The third kappa shape index (κ3) is 2.90. The molecule has 1 aromatic heterocycles. The van der Waals surface area contributed by atoms with E-state index in [1.54, 1.807) is 0 Å². The topological polar surface area (TPSA) is 42.0 Å². The summed E-state index contributed by atoms with van der Waals surface area (Å²) in [5, 5.41) is 1.93. The van der Waals surface area contributed by atoms with Crippen molar-refractivity contribution in [3.63, 3.8) is 0 Å². The Balaban J connectivity index is 3.11. The van der Waals surface area contributed by atoms with Crippen molar-refractivity contribution in [3.8, 4) is 0 Å². The van der Waals surface area contributed by atoms with Gasteiger partial charge in [-0.2, -0.15) is 13.2 Å². The van der Waals surface area contributed by atoms with E-state index in [0.717, 1.165) is 6.92 Å². The first-order valence-electron chi connectivity index (χ1n) is 3.81. The highest BCUT2D eigenvalue weighted by Gasteiger charge is 2.33. The highest BCUT2D eigenvalue weighted by Crippen LogP contribution is 2.29. The molecule has 82 valence electrons. The summed E-state index contributed by atoms with van der Waals surface area (Å²) in [5.41, 5.74) is -1.79. The zero-order valence-electron chi connectivity index (χ0n) is 7.52. The molecule has 3 nitrogen and oxygen atoms in total. The lowest BCUT2D eigenvalue weighted by atomic mass is 10.3. The van der Waals surface area contributed by atoms with E-state index in [9.17, 15) is 22.4 Å². The van der Waals surface area contributed by atoms with Crippen LogP contribution in [-0.2, 0) is 11.0 Å². The molecule has 0 radical (unpaired) electrons. The molecular weight excluding hydrogens is 216 g/mol. The maximum atomic E-state index is 12.9. The molecule has 0 aromatic carbocycles. The van der Waals surface area contributed by atoms with Crippen LogP contribution in [0.15, 0.2) is 12.3 Å². The van der Waals surface area contributed by atoms with Gasteiger partial charge in [-0.3, -0.25) is 4.79 Å². The van der Waals surface area contributed by atoms with E-state index in [0.29, 0.717) is 12.3 Å². The molecule has 0 unspecified atom stereocenters. The van der Waals surface area contributed by atoms with Crippen molar-refractivity contribution < 1.29 is 22.4 Å². The van der Waals surface area contributed by atoms with Crippen molar-refractivity contribution in [2.45, 2.75) is 13.1 Å². The number of carbonyl (C=O) groups is 1. The minimum absolute atomic E-state index is 0.411. The Morgan fingerprint density at radius 2 is 2.07 bits per heavy atom. The van der Waals surface area contributed by atoms with Gasteiger partial charge in [0.05, 0.1) is 11.9 Å². The first-order valence-corrected chi connectivity index (χ1v) is 3.81. The maximum absolute atomic E-state index is 12.9. The summed E-state index contributed by atoms with van der Waals surface area (Å²) in [4.78, 5) is 13.4. The van der Waals surface area contributed by atoms with Gasteiger partial charge >= 0.3 is 6.18 Å². The van der Waals surface area contributed by atoms with Crippen LogP contribution in [0, 0.1) is 5.82 Å². The summed E-state index contributed by atoms with van der Waals surface area (Å²) < 4.78 is 49.3. The number of nitrogens with one attached hydrogen (secondary N) is 1. The number of carbonyl (C=O) groups excluding carboxylic acids is 1.